The van der Waals surface area contributed by atoms with Gasteiger partial charge in [-0.2, -0.15) is 0 Å². The molecular weight excluding hydrogens is 250 g/mol. The number of amides is 1. The van der Waals surface area contributed by atoms with Crippen molar-refractivity contribution in [2.45, 2.75) is 32.4 Å². The molecule has 2 aromatic heterocycles. The van der Waals surface area contributed by atoms with E-state index < -0.39 is 0 Å². The van der Waals surface area contributed by atoms with Gasteiger partial charge < -0.3 is 9.47 Å². The van der Waals surface area contributed by atoms with E-state index in [1.54, 1.807) is 12.4 Å². The van der Waals surface area contributed by atoms with Gasteiger partial charge in [-0.25, -0.2) is 0 Å². The number of hydrogen-bond donors (Lipinski definition) is 0. The second-order valence-electron chi connectivity index (χ2n) is 5.45. The maximum Gasteiger partial charge on any atom is 0.256 e. The molecule has 1 amide bonds. The Morgan fingerprint density at radius 1 is 1.35 bits per heavy atom. The van der Waals surface area contributed by atoms with Crippen LogP contribution in [0.5, 0.6) is 0 Å². The van der Waals surface area contributed by atoms with Gasteiger partial charge in [0.1, 0.15) is 0 Å². The zero-order valence-electron chi connectivity index (χ0n) is 11.9. The zero-order chi connectivity index (χ0) is 14.1. The van der Waals surface area contributed by atoms with E-state index in [1.165, 1.54) is 0 Å². The van der Waals surface area contributed by atoms with Gasteiger partial charge in [-0.05, 0) is 43.5 Å². The van der Waals surface area contributed by atoms with Gasteiger partial charge >= 0.3 is 0 Å². The first-order valence-electron chi connectivity index (χ1n) is 6.98. The fraction of sp³-hybridized carbons (Fsp3) is 0.375. The number of hydrogen-bond acceptors (Lipinski definition) is 2. The molecule has 1 aliphatic rings. The number of nitrogens with zero attached hydrogens (tertiary/aromatic N) is 3. The highest BCUT2D eigenvalue weighted by Gasteiger charge is 2.33. The zero-order valence-corrected chi connectivity index (χ0v) is 11.9. The lowest BCUT2D eigenvalue weighted by Crippen LogP contribution is -2.32. The van der Waals surface area contributed by atoms with Crippen molar-refractivity contribution in [2.24, 2.45) is 7.05 Å². The van der Waals surface area contributed by atoms with E-state index in [2.05, 4.69) is 4.98 Å². The van der Waals surface area contributed by atoms with Crippen LogP contribution in [0.1, 0.15) is 34.5 Å². The third-order valence-electron chi connectivity index (χ3n) is 3.96. The minimum absolute atomic E-state index is 0.141. The molecule has 0 aromatic carbocycles. The van der Waals surface area contributed by atoms with Crippen molar-refractivity contribution in [1.82, 2.24) is 14.5 Å². The normalized spacial score (nSPS) is 14.3. The molecule has 0 atom stereocenters. The van der Waals surface area contributed by atoms with Crippen LogP contribution in [0.3, 0.4) is 0 Å². The van der Waals surface area contributed by atoms with Crippen LogP contribution in [0.2, 0.25) is 0 Å². The summed E-state index contributed by atoms with van der Waals surface area (Å²) in [5, 5.41) is 0. The summed E-state index contributed by atoms with van der Waals surface area (Å²) in [7, 11) is 1.97. The third-order valence-corrected chi connectivity index (χ3v) is 3.96. The molecule has 1 saturated carbocycles. The van der Waals surface area contributed by atoms with E-state index >= 15 is 0 Å². The minimum Gasteiger partial charge on any atom is -0.354 e. The summed E-state index contributed by atoms with van der Waals surface area (Å²) in [5.41, 5.74) is 2.97. The van der Waals surface area contributed by atoms with Gasteiger partial charge in [0.2, 0.25) is 0 Å². The van der Waals surface area contributed by atoms with Crippen molar-refractivity contribution in [2.75, 3.05) is 0 Å². The van der Waals surface area contributed by atoms with Crippen LogP contribution < -0.4 is 0 Å². The molecule has 104 valence electrons. The lowest BCUT2D eigenvalue weighted by atomic mass is 10.2. The SMILES string of the molecule is Cc1c(C(=O)N(Cc2ccncc2)C2CC2)ccn1C. The Bertz CT molecular complexity index is 614. The monoisotopic (exact) mass is 269 g/mol. The van der Waals surface area contributed by atoms with E-state index in [0.29, 0.717) is 12.6 Å². The molecule has 1 fully saturated rings. The standard InChI is InChI=1S/C16H19N3O/c1-12-15(7-10-18(12)2)16(20)19(14-3-4-14)11-13-5-8-17-9-6-13/h5-10,14H,3-4,11H2,1-2H3. The van der Waals surface area contributed by atoms with Gasteiger partial charge in [-0.15, -0.1) is 0 Å². The van der Waals surface area contributed by atoms with Crippen LogP contribution in [0.25, 0.3) is 0 Å². The lowest BCUT2D eigenvalue weighted by molar-refractivity contribution is 0.0729. The first-order chi connectivity index (χ1) is 9.66. The van der Waals surface area contributed by atoms with Crippen LogP contribution in [-0.2, 0) is 13.6 Å². The molecule has 0 aliphatic heterocycles. The molecule has 2 heterocycles. The summed E-state index contributed by atoms with van der Waals surface area (Å²) in [5.74, 6) is 0.141. The Morgan fingerprint density at radius 3 is 2.60 bits per heavy atom. The van der Waals surface area contributed by atoms with Gasteiger partial charge in [0, 0.05) is 43.9 Å². The second-order valence-corrected chi connectivity index (χ2v) is 5.45. The van der Waals surface area contributed by atoms with E-state index in [9.17, 15) is 4.79 Å². The highest BCUT2D eigenvalue weighted by atomic mass is 16.2. The van der Waals surface area contributed by atoms with E-state index in [1.807, 2.05) is 47.8 Å². The Hall–Kier alpha value is -2.10. The number of rotatable bonds is 4. The molecule has 4 nitrogen and oxygen atoms in total. The maximum absolute atomic E-state index is 12.8. The fourth-order valence-corrected chi connectivity index (χ4v) is 2.43. The van der Waals surface area contributed by atoms with E-state index in [0.717, 1.165) is 29.7 Å². The van der Waals surface area contributed by atoms with Crippen LogP contribution in [0, 0.1) is 6.92 Å². The number of aromatic nitrogens is 2. The maximum atomic E-state index is 12.8. The molecule has 20 heavy (non-hydrogen) atoms. The number of carbonyl (C=O) groups excluding carboxylic acids is 1. The molecule has 0 spiro atoms. The molecule has 0 N–H and O–H groups in total. The van der Waals surface area contributed by atoms with E-state index in [4.69, 9.17) is 0 Å². The molecule has 0 radical (unpaired) electrons. The summed E-state index contributed by atoms with van der Waals surface area (Å²) >= 11 is 0. The van der Waals surface area contributed by atoms with Crippen LogP contribution in [-0.4, -0.2) is 26.4 Å². The first-order valence-corrected chi connectivity index (χ1v) is 6.98. The van der Waals surface area contributed by atoms with Crippen LogP contribution >= 0.6 is 0 Å². The Morgan fingerprint density at radius 2 is 2.05 bits per heavy atom. The molecule has 0 bridgehead atoms. The molecule has 0 unspecified atom stereocenters. The summed E-state index contributed by atoms with van der Waals surface area (Å²) < 4.78 is 1.99. The molecule has 4 heteroatoms. The average molecular weight is 269 g/mol. The van der Waals surface area contributed by atoms with Crippen LogP contribution in [0.15, 0.2) is 36.8 Å². The predicted molar refractivity (Wildman–Crippen MR) is 77.3 cm³/mol. The van der Waals surface area contributed by atoms with Crippen LogP contribution in [0.4, 0.5) is 0 Å². The van der Waals surface area contributed by atoms with E-state index in [-0.39, 0.29) is 5.91 Å². The molecular formula is C16H19N3O. The van der Waals surface area contributed by atoms with Gasteiger partial charge in [0.15, 0.2) is 0 Å². The van der Waals surface area contributed by atoms with Crippen molar-refractivity contribution >= 4 is 5.91 Å². The summed E-state index contributed by atoms with van der Waals surface area (Å²) in [6, 6.07) is 6.26. The Kier molecular flexibility index (Phi) is 3.30. The number of carbonyl (C=O) groups is 1. The summed E-state index contributed by atoms with van der Waals surface area (Å²) in [6.45, 7) is 2.66. The summed E-state index contributed by atoms with van der Waals surface area (Å²) in [6.07, 6.45) is 7.73. The minimum atomic E-state index is 0.141. The van der Waals surface area contributed by atoms with Crippen molar-refractivity contribution < 1.29 is 4.79 Å². The first kappa shape index (κ1) is 12.9. The van der Waals surface area contributed by atoms with Gasteiger partial charge in [-0.1, -0.05) is 0 Å². The lowest BCUT2D eigenvalue weighted by Gasteiger charge is -2.22. The second kappa shape index (κ2) is 5.12. The number of aryl methyl sites for hydroxylation is 1. The Balaban J connectivity index is 1.84. The highest BCUT2D eigenvalue weighted by Crippen LogP contribution is 2.30. The van der Waals surface area contributed by atoms with Gasteiger partial charge in [-0.3, -0.25) is 9.78 Å². The molecule has 1 aliphatic carbocycles. The molecule has 3 rings (SSSR count). The summed E-state index contributed by atoms with van der Waals surface area (Å²) in [4.78, 5) is 18.8. The van der Waals surface area contributed by atoms with Gasteiger partial charge in [0.05, 0.1) is 5.56 Å². The van der Waals surface area contributed by atoms with Gasteiger partial charge in [0.25, 0.3) is 5.91 Å². The quantitative estimate of drug-likeness (QED) is 0.855. The van der Waals surface area contributed by atoms with Crippen molar-refractivity contribution in [1.29, 1.82) is 0 Å². The smallest absolute Gasteiger partial charge is 0.256 e. The van der Waals surface area contributed by atoms with Crippen molar-refractivity contribution in [3.8, 4) is 0 Å². The fourth-order valence-electron chi connectivity index (χ4n) is 2.43. The molecule has 2 aromatic rings. The average Bonchev–Trinajstić information content (AvgIpc) is 3.25. The number of pyridine rings is 1. The topological polar surface area (TPSA) is 38.1 Å². The molecule has 0 saturated heterocycles. The highest BCUT2D eigenvalue weighted by molar-refractivity contribution is 5.95. The third kappa shape index (κ3) is 2.46. The Labute approximate surface area is 119 Å². The predicted octanol–water partition coefficient (Wildman–Crippen LogP) is 2.53. The van der Waals surface area contributed by atoms with Crippen molar-refractivity contribution in [3.05, 3.63) is 53.6 Å². The largest absolute Gasteiger partial charge is 0.354 e. The van der Waals surface area contributed by atoms with Crippen molar-refractivity contribution in [3.63, 3.8) is 0 Å².